The van der Waals surface area contributed by atoms with E-state index in [0.717, 1.165) is 6.07 Å². The molecule has 2 aromatic carbocycles. The van der Waals surface area contributed by atoms with Crippen LogP contribution in [0.15, 0.2) is 54.6 Å². The summed E-state index contributed by atoms with van der Waals surface area (Å²) < 4.78 is 39.9. The lowest BCUT2D eigenvalue weighted by molar-refractivity contribution is -0.140. The quantitative estimate of drug-likeness (QED) is 0.581. The first kappa shape index (κ1) is 21.6. The second kappa shape index (κ2) is 8.87. The average molecular weight is 438 g/mol. The third kappa shape index (κ3) is 4.83. The summed E-state index contributed by atoms with van der Waals surface area (Å²) >= 11 is 0. The van der Waals surface area contributed by atoms with Crippen molar-refractivity contribution in [3.63, 3.8) is 0 Å². The highest BCUT2D eigenvalue weighted by Gasteiger charge is 2.33. The van der Waals surface area contributed by atoms with Crippen molar-refractivity contribution in [1.82, 2.24) is 10.3 Å². The first-order chi connectivity index (χ1) is 15.3. The highest BCUT2D eigenvalue weighted by molar-refractivity contribution is 5.94. The molecule has 3 aromatic rings. The summed E-state index contributed by atoms with van der Waals surface area (Å²) in [5.74, 6) is -0.228. The van der Waals surface area contributed by atoms with Gasteiger partial charge in [-0.15, -0.1) is 0 Å². The van der Waals surface area contributed by atoms with E-state index in [9.17, 15) is 18.0 Å². The summed E-state index contributed by atoms with van der Waals surface area (Å²) in [6.45, 7) is 0. The third-order valence-corrected chi connectivity index (χ3v) is 5.68. The highest BCUT2D eigenvalue weighted by atomic mass is 19.4. The first-order valence-electron chi connectivity index (χ1n) is 10.4. The number of amides is 1. The zero-order valence-corrected chi connectivity index (χ0v) is 17.1. The second-order valence-electron chi connectivity index (χ2n) is 7.93. The number of anilines is 1. The molecule has 2 N–H and O–H groups in total. The van der Waals surface area contributed by atoms with Gasteiger partial charge < -0.3 is 10.6 Å². The molecule has 32 heavy (non-hydrogen) atoms. The Morgan fingerprint density at radius 3 is 2.44 bits per heavy atom. The zero-order chi connectivity index (χ0) is 22.7. The predicted octanol–water partition coefficient (Wildman–Crippen LogP) is 5.28. The lowest BCUT2D eigenvalue weighted by Gasteiger charge is -2.30. The molecule has 0 bridgehead atoms. The van der Waals surface area contributed by atoms with E-state index in [2.05, 4.69) is 15.6 Å². The fraction of sp³-hybridized carbons (Fsp3) is 0.292. The van der Waals surface area contributed by atoms with Gasteiger partial charge in [0.1, 0.15) is 5.69 Å². The smallest absolute Gasteiger partial charge is 0.382 e. The van der Waals surface area contributed by atoms with E-state index >= 15 is 0 Å². The van der Waals surface area contributed by atoms with E-state index in [4.69, 9.17) is 5.26 Å². The Morgan fingerprint density at radius 2 is 1.72 bits per heavy atom. The van der Waals surface area contributed by atoms with Crippen LogP contribution in [0.4, 0.5) is 18.9 Å². The van der Waals surface area contributed by atoms with Crippen LogP contribution in [0.3, 0.4) is 0 Å². The Hall–Kier alpha value is -3.60. The highest BCUT2D eigenvalue weighted by Crippen LogP contribution is 2.34. The number of hydrogen-bond acceptors (Lipinski definition) is 4. The van der Waals surface area contributed by atoms with Crippen LogP contribution in [0, 0.1) is 11.3 Å². The molecular formula is C24H21F3N4O. The normalized spacial score (nSPS) is 18.7. The monoisotopic (exact) mass is 438 g/mol. The van der Waals surface area contributed by atoms with E-state index in [0.29, 0.717) is 53.4 Å². The van der Waals surface area contributed by atoms with Crippen LogP contribution in [-0.2, 0) is 6.18 Å². The summed E-state index contributed by atoms with van der Waals surface area (Å²) in [6.07, 6.45) is -1.69. The number of para-hydroxylation sites is 1. The van der Waals surface area contributed by atoms with Crippen molar-refractivity contribution in [3.8, 4) is 6.07 Å². The van der Waals surface area contributed by atoms with Crippen LogP contribution < -0.4 is 10.6 Å². The van der Waals surface area contributed by atoms with Gasteiger partial charge in [0.25, 0.3) is 5.91 Å². The van der Waals surface area contributed by atoms with Crippen LogP contribution in [0.2, 0.25) is 0 Å². The summed E-state index contributed by atoms with van der Waals surface area (Å²) in [4.78, 5) is 16.2. The Morgan fingerprint density at radius 1 is 1.00 bits per heavy atom. The molecule has 8 heteroatoms. The van der Waals surface area contributed by atoms with Gasteiger partial charge >= 0.3 is 6.18 Å². The average Bonchev–Trinajstić information content (AvgIpc) is 2.79. The molecule has 0 saturated heterocycles. The van der Waals surface area contributed by atoms with Gasteiger partial charge in [-0.1, -0.05) is 24.3 Å². The summed E-state index contributed by atoms with van der Waals surface area (Å²) in [7, 11) is 0. The molecule has 1 heterocycles. The molecule has 1 fully saturated rings. The van der Waals surface area contributed by atoms with Gasteiger partial charge in [0.05, 0.1) is 17.1 Å². The maximum atomic E-state index is 13.3. The molecule has 1 saturated carbocycles. The number of aromatic nitrogens is 1. The molecule has 4 rings (SSSR count). The number of carbonyl (C=O) groups is 1. The molecule has 1 aromatic heterocycles. The van der Waals surface area contributed by atoms with Crippen molar-refractivity contribution in [2.24, 2.45) is 0 Å². The minimum atomic E-state index is -4.52. The molecule has 0 aliphatic heterocycles. The molecule has 5 nitrogen and oxygen atoms in total. The number of carbonyl (C=O) groups excluding carboxylic acids is 1. The number of benzene rings is 2. The number of rotatable bonds is 4. The Kier molecular flexibility index (Phi) is 5.99. The van der Waals surface area contributed by atoms with Crippen LogP contribution in [-0.4, -0.2) is 23.0 Å². The van der Waals surface area contributed by atoms with E-state index in [1.54, 1.807) is 48.5 Å². The number of fused-ring (bicyclic) bond motifs is 1. The lowest BCUT2D eigenvalue weighted by atomic mass is 9.90. The minimum Gasteiger partial charge on any atom is -0.382 e. The maximum Gasteiger partial charge on any atom is 0.433 e. The van der Waals surface area contributed by atoms with Crippen molar-refractivity contribution < 1.29 is 18.0 Å². The molecule has 1 aliphatic rings. The van der Waals surface area contributed by atoms with Crippen molar-refractivity contribution in [1.29, 1.82) is 5.26 Å². The molecule has 0 atom stereocenters. The molecule has 0 spiro atoms. The van der Waals surface area contributed by atoms with Crippen molar-refractivity contribution in [2.45, 2.75) is 43.9 Å². The fourth-order valence-corrected chi connectivity index (χ4v) is 4.04. The van der Waals surface area contributed by atoms with Gasteiger partial charge in [-0.2, -0.15) is 18.4 Å². The van der Waals surface area contributed by atoms with E-state index in [1.165, 1.54) is 0 Å². The van der Waals surface area contributed by atoms with E-state index < -0.39 is 11.9 Å². The summed E-state index contributed by atoms with van der Waals surface area (Å²) in [5, 5.41) is 15.9. The number of nitriles is 1. The zero-order valence-electron chi connectivity index (χ0n) is 17.1. The third-order valence-electron chi connectivity index (χ3n) is 5.68. The van der Waals surface area contributed by atoms with Gasteiger partial charge in [-0.05, 0) is 56.0 Å². The van der Waals surface area contributed by atoms with Crippen LogP contribution >= 0.6 is 0 Å². The summed E-state index contributed by atoms with van der Waals surface area (Å²) in [6, 6.07) is 16.4. The molecule has 1 aliphatic carbocycles. The number of halogens is 3. The predicted molar refractivity (Wildman–Crippen MR) is 115 cm³/mol. The Labute approximate surface area is 183 Å². The maximum absolute atomic E-state index is 13.3. The van der Waals surface area contributed by atoms with E-state index in [1.807, 2.05) is 6.07 Å². The van der Waals surface area contributed by atoms with E-state index in [-0.39, 0.29) is 18.0 Å². The fourth-order valence-electron chi connectivity index (χ4n) is 4.04. The topological polar surface area (TPSA) is 77.8 Å². The van der Waals surface area contributed by atoms with Crippen LogP contribution in [0.25, 0.3) is 10.9 Å². The van der Waals surface area contributed by atoms with Gasteiger partial charge in [0.15, 0.2) is 0 Å². The van der Waals surface area contributed by atoms with Crippen molar-refractivity contribution in [2.75, 3.05) is 5.32 Å². The number of pyridine rings is 1. The SMILES string of the molecule is N#Cc1cccc(C(=O)NC2CCC(Nc3cc(C(F)(F)F)nc4ccccc34)CC2)c1. The molecular weight excluding hydrogens is 417 g/mol. The molecule has 1 amide bonds. The summed E-state index contributed by atoms with van der Waals surface area (Å²) in [5.41, 5.74) is 0.661. The standard InChI is InChI=1S/C24H21F3N4O/c25-24(26,27)22-13-21(19-6-1-2-7-20(19)31-22)29-17-8-10-18(11-9-17)30-23(32)16-5-3-4-15(12-16)14-28/h1-7,12-13,17-18H,8-11H2,(H,29,31)(H,30,32). The second-order valence-corrected chi connectivity index (χ2v) is 7.93. The number of nitrogens with zero attached hydrogens (tertiary/aromatic N) is 2. The number of alkyl halides is 3. The van der Waals surface area contributed by atoms with Gasteiger partial charge in [0.2, 0.25) is 0 Å². The van der Waals surface area contributed by atoms with Crippen LogP contribution in [0.1, 0.15) is 47.3 Å². The minimum absolute atomic E-state index is 0.00282. The Balaban J connectivity index is 1.41. The molecule has 164 valence electrons. The van der Waals surface area contributed by atoms with Gasteiger partial charge in [-0.25, -0.2) is 4.98 Å². The number of hydrogen-bond donors (Lipinski definition) is 2. The molecule has 0 unspecified atom stereocenters. The Bertz CT molecular complexity index is 1180. The van der Waals surface area contributed by atoms with Crippen molar-refractivity contribution in [3.05, 3.63) is 71.4 Å². The first-order valence-corrected chi connectivity index (χ1v) is 10.4. The largest absolute Gasteiger partial charge is 0.433 e. The van der Waals surface area contributed by atoms with Crippen LogP contribution in [0.5, 0.6) is 0 Å². The van der Waals surface area contributed by atoms with Gasteiger partial charge in [0, 0.05) is 28.7 Å². The number of nitrogens with one attached hydrogen (secondary N) is 2. The van der Waals surface area contributed by atoms with Crippen molar-refractivity contribution >= 4 is 22.5 Å². The lowest BCUT2D eigenvalue weighted by Crippen LogP contribution is -2.40. The molecule has 0 radical (unpaired) electrons. The van der Waals surface area contributed by atoms with Gasteiger partial charge in [-0.3, -0.25) is 4.79 Å².